The minimum Gasteiger partial charge on any atom is -0.398 e. The highest BCUT2D eigenvalue weighted by Crippen LogP contribution is 2.24. The molecule has 0 atom stereocenters. The lowest BCUT2D eigenvalue weighted by Gasteiger charge is -2.36. The molecule has 186 valence electrons. The third-order valence-electron chi connectivity index (χ3n) is 6.16. The van der Waals surface area contributed by atoms with E-state index in [1.807, 2.05) is 18.2 Å². The third-order valence-corrected chi connectivity index (χ3v) is 6.50. The average molecular weight is 506 g/mol. The average Bonchev–Trinajstić information content (AvgIpc) is 2.90. The summed E-state index contributed by atoms with van der Waals surface area (Å²) < 4.78 is 0. The van der Waals surface area contributed by atoms with Crippen molar-refractivity contribution in [3.05, 3.63) is 88.9 Å². The van der Waals surface area contributed by atoms with Crippen molar-refractivity contribution in [1.29, 1.82) is 0 Å². The molecule has 1 fully saturated rings. The van der Waals surface area contributed by atoms with Gasteiger partial charge in [0.15, 0.2) is 0 Å². The van der Waals surface area contributed by atoms with E-state index in [0.717, 1.165) is 19.6 Å². The van der Waals surface area contributed by atoms with Crippen molar-refractivity contribution in [2.24, 2.45) is 0 Å². The molecular weight excluding hydrogens is 478 g/mol. The van der Waals surface area contributed by atoms with Gasteiger partial charge < -0.3 is 16.0 Å². The number of carbonyl (C=O) groups is 3. The Balaban J connectivity index is 1.47. The quantitative estimate of drug-likeness (QED) is 0.361. The van der Waals surface area contributed by atoms with Crippen LogP contribution < -0.4 is 16.0 Å². The summed E-state index contributed by atoms with van der Waals surface area (Å²) in [5, 5.41) is 2.92. The van der Waals surface area contributed by atoms with Crippen molar-refractivity contribution in [2.45, 2.75) is 6.54 Å². The molecule has 3 N–H and O–H groups in total. The molecule has 0 bridgehead atoms. The molecule has 9 heteroatoms. The van der Waals surface area contributed by atoms with Gasteiger partial charge >= 0.3 is 0 Å². The minimum absolute atomic E-state index is 0.124. The predicted molar refractivity (Wildman–Crippen MR) is 142 cm³/mol. The molecule has 8 nitrogen and oxygen atoms in total. The number of nitrogens with zero attached hydrogens (tertiary/aromatic N) is 3. The van der Waals surface area contributed by atoms with E-state index in [-0.39, 0.29) is 24.0 Å². The molecule has 0 aliphatic carbocycles. The van der Waals surface area contributed by atoms with Crippen LogP contribution in [-0.2, 0) is 16.1 Å². The first-order valence-corrected chi connectivity index (χ1v) is 12.0. The number of benzene rings is 3. The van der Waals surface area contributed by atoms with Crippen molar-refractivity contribution in [2.75, 3.05) is 48.7 Å². The standard InChI is InChI=1S/C27H28ClN5O3/c28-24-11-6-21(16-25(24)29)27(36)33(23-9-7-22(8-10-23)30-19-34)18-26(35)32-14-12-31(13-15-32)17-20-4-2-1-3-5-20/h1-11,16,19H,12-15,17-18,29H2,(H,30,34). The summed E-state index contributed by atoms with van der Waals surface area (Å²) in [6, 6.07) is 21.6. The first-order valence-electron chi connectivity index (χ1n) is 11.7. The number of halogens is 1. The Morgan fingerprint density at radius 2 is 1.67 bits per heavy atom. The Kier molecular flexibility index (Phi) is 8.20. The zero-order chi connectivity index (χ0) is 25.5. The zero-order valence-electron chi connectivity index (χ0n) is 19.8. The van der Waals surface area contributed by atoms with Crippen LogP contribution in [0.4, 0.5) is 17.1 Å². The summed E-state index contributed by atoms with van der Waals surface area (Å²) in [7, 11) is 0. The van der Waals surface area contributed by atoms with Crippen molar-refractivity contribution in [3.8, 4) is 0 Å². The monoisotopic (exact) mass is 505 g/mol. The highest BCUT2D eigenvalue weighted by molar-refractivity contribution is 6.33. The highest BCUT2D eigenvalue weighted by atomic mass is 35.5. The maximum atomic E-state index is 13.5. The van der Waals surface area contributed by atoms with E-state index in [2.05, 4.69) is 22.3 Å². The molecule has 3 amide bonds. The molecular formula is C27H28ClN5O3. The van der Waals surface area contributed by atoms with E-state index in [4.69, 9.17) is 17.3 Å². The molecule has 4 rings (SSSR count). The molecule has 0 unspecified atom stereocenters. The second-order valence-corrected chi connectivity index (χ2v) is 8.99. The number of hydrogen-bond donors (Lipinski definition) is 2. The Morgan fingerprint density at radius 3 is 2.31 bits per heavy atom. The van der Waals surface area contributed by atoms with Crippen LogP contribution >= 0.6 is 11.6 Å². The number of nitrogens with one attached hydrogen (secondary N) is 1. The number of rotatable bonds is 8. The van der Waals surface area contributed by atoms with Crippen LogP contribution in [0.5, 0.6) is 0 Å². The van der Waals surface area contributed by atoms with E-state index in [1.54, 1.807) is 41.3 Å². The number of nitrogens with two attached hydrogens (primary N) is 1. The smallest absolute Gasteiger partial charge is 0.258 e. The van der Waals surface area contributed by atoms with Gasteiger partial charge in [-0.2, -0.15) is 0 Å². The Hall–Kier alpha value is -3.88. The lowest BCUT2D eigenvalue weighted by Crippen LogP contribution is -2.51. The fraction of sp³-hybridized carbons (Fsp3) is 0.222. The summed E-state index contributed by atoms with van der Waals surface area (Å²) in [5.74, 6) is -0.509. The molecule has 3 aromatic rings. The summed E-state index contributed by atoms with van der Waals surface area (Å²) in [6.45, 7) is 3.41. The van der Waals surface area contributed by atoms with Gasteiger partial charge in [-0.15, -0.1) is 0 Å². The van der Waals surface area contributed by atoms with Gasteiger partial charge in [0.2, 0.25) is 12.3 Å². The first-order chi connectivity index (χ1) is 17.4. The van der Waals surface area contributed by atoms with Gasteiger partial charge in [0, 0.05) is 49.7 Å². The Labute approximate surface area is 215 Å². The molecule has 0 spiro atoms. The van der Waals surface area contributed by atoms with Crippen molar-refractivity contribution < 1.29 is 14.4 Å². The maximum Gasteiger partial charge on any atom is 0.258 e. The van der Waals surface area contributed by atoms with E-state index < -0.39 is 0 Å². The Bertz CT molecular complexity index is 1210. The second-order valence-electron chi connectivity index (χ2n) is 8.58. The van der Waals surface area contributed by atoms with Crippen molar-refractivity contribution in [1.82, 2.24) is 9.80 Å². The lowest BCUT2D eigenvalue weighted by atomic mass is 10.1. The van der Waals surface area contributed by atoms with Gasteiger partial charge in [-0.25, -0.2) is 0 Å². The van der Waals surface area contributed by atoms with Crippen molar-refractivity contribution in [3.63, 3.8) is 0 Å². The number of nitrogen functional groups attached to an aromatic ring is 1. The largest absolute Gasteiger partial charge is 0.398 e. The lowest BCUT2D eigenvalue weighted by molar-refractivity contribution is -0.131. The number of piperazine rings is 1. The van der Waals surface area contributed by atoms with Gasteiger partial charge in [0.25, 0.3) is 5.91 Å². The second kappa shape index (κ2) is 11.7. The maximum absolute atomic E-state index is 13.5. The number of carbonyl (C=O) groups excluding carboxylic acids is 3. The normalized spacial score (nSPS) is 13.8. The van der Waals surface area contributed by atoms with Crippen molar-refractivity contribution >= 4 is 46.9 Å². The number of anilines is 3. The molecule has 1 saturated heterocycles. The molecule has 1 aliphatic rings. The van der Waals surface area contributed by atoms with E-state index in [0.29, 0.717) is 41.5 Å². The SMILES string of the molecule is Nc1cc(C(=O)N(CC(=O)N2CCN(Cc3ccccc3)CC2)c2ccc(NC=O)cc2)ccc1Cl. The van der Waals surface area contributed by atoms with Crippen LogP contribution in [0.2, 0.25) is 5.02 Å². The minimum atomic E-state index is -0.370. The van der Waals surface area contributed by atoms with E-state index in [1.165, 1.54) is 16.5 Å². The molecule has 1 aliphatic heterocycles. The van der Waals surface area contributed by atoms with Crippen LogP contribution in [-0.4, -0.2) is 60.7 Å². The molecule has 3 aromatic carbocycles. The van der Waals surface area contributed by atoms with Gasteiger partial charge in [-0.3, -0.25) is 24.2 Å². The van der Waals surface area contributed by atoms with Gasteiger partial charge in [-0.05, 0) is 48.0 Å². The number of amides is 3. The fourth-order valence-corrected chi connectivity index (χ4v) is 4.27. The van der Waals surface area contributed by atoms with Crippen LogP contribution in [0, 0.1) is 0 Å². The highest BCUT2D eigenvalue weighted by Gasteiger charge is 2.26. The van der Waals surface area contributed by atoms with Crippen LogP contribution in [0.3, 0.4) is 0 Å². The molecule has 36 heavy (non-hydrogen) atoms. The van der Waals surface area contributed by atoms with Gasteiger partial charge in [0.05, 0.1) is 10.7 Å². The van der Waals surface area contributed by atoms with Crippen LogP contribution in [0.1, 0.15) is 15.9 Å². The summed E-state index contributed by atoms with van der Waals surface area (Å²) in [5.41, 5.74) is 8.87. The zero-order valence-corrected chi connectivity index (χ0v) is 20.5. The fourth-order valence-electron chi connectivity index (χ4n) is 4.15. The Morgan fingerprint density at radius 1 is 0.972 bits per heavy atom. The molecule has 0 aromatic heterocycles. The topological polar surface area (TPSA) is 99.0 Å². The number of hydrogen-bond acceptors (Lipinski definition) is 5. The van der Waals surface area contributed by atoms with E-state index in [9.17, 15) is 14.4 Å². The van der Waals surface area contributed by atoms with Gasteiger partial charge in [-0.1, -0.05) is 41.9 Å². The molecule has 0 saturated carbocycles. The first kappa shape index (κ1) is 25.2. The summed E-state index contributed by atoms with van der Waals surface area (Å²) in [6.07, 6.45) is 0.579. The molecule has 0 radical (unpaired) electrons. The van der Waals surface area contributed by atoms with E-state index >= 15 is 0 Å². The van der Waals surface area contributed by atoms with Crippen LogP contribution in [0.25, 0.3) is 0 Å². The predicted octanol–water partition coefficient (Wildman–Crippen LogP) is 3.48. The van der Waals surface area contributed by atoms with Crippen LogP contribution in [0.15, 0.2) is 72.8 Å². The summed E-state index contributed by atoms with van der Waals surface area (Å²) >= 11 is 6.03. The van der Waals surface area contributed by atoms with Gasteiger partial charge in [0.1, 0.15) is 6.54 Å². The summed E-state index contributed by atoms with van der Waals surface area (Å²) in [4.78, 5) is 43.0. The molecule has 1 heterocycles. The third kappa shape index (κ3) is 6.21.